The summed E-state index contributed by atoms with van der Waals surface area (Å²) in [6.45, 7) is 0. The zero-order chi connectivity index (χ0) is 11.5. The third kappa shape index (κ3) is 2.71. The van der Waals surface area contributed by atoms with Gasteiger partial charge in [0.15, 0.2) is 0 Å². The number of hydrogen-bond donors (Lipinski definition) is 1. The largest absolute Gasteiger partial charge is 0.340 e. The fourth-order valence-electron chi connectivity index (χ4n) is 1.20. The van der Waals surface area contributed by atoms with Gasteiger partial charge in [0.2, 0.25) is 5.95 Å². The normalized spacial score (nSPS) is 10.2. The van der Waals surface area contributed by atoms with Crippen molar-refractivity contribution < 1.29 is 4.39 Å². The fourth-order valence-corrected chi connectivity index (χ4v) is 1.63. The van der Waals surface area contributed by atoms with Crippen LogP contribution in [-0.4, -0.2) is 4.98 Å². The van der Waals surface area contributed by atoms with E-state index in [2.05, 4.69) is 26.2 Å². The van der Waals surface area contributed by atoms with Crippen LogP contribution in [0.2, 0.25) is 5.02 Å². The van der Waals surface area contributed by atoms with Crippen LogP contribution in [0.15, 0.2) is 40.9 Å². The minimum atomic E-state index is -0.520. The molecule has 0 aliphatic heterocycles. The predicted octanol–water partition coefficient (Wildman–Crippen LogP) is 4.38. The lowest BCUT2D eigenvalue weighted by Crippen LogP contribution is -1.94. The average Bonchev–Trinajstić information content (AvgIpc) is 2.24. The van der Waals surface area contributed by atoms with E-state index in [0.29, 0.717) is 10.8 Å². The van der Waals surface area contributed by atoms with Gasteiger partial charge in [-0.3, -0.25) is 0 Å². The molecule has 0 spiro atoms. The maximum atomic E-state index is 12.8. The molecule has 2 rings (SSSR count). The second-order valence-corrected chi connectivity index (χ2v) is 4.36. The van der Waals surface area contributed by atoms with E-state index in [1.165, 1.54) is 6.07 Å². The van der Waals surface area contributed by atoms with Gasteiger partial charge in [0.1, 0.15) is 5.82 Å². The van der Waals surface area contributed by atoms with E-state index < -0.39 is 5.95 Å². The fraction of sp³-hybridized carbons (Fsp3) is 0. The first-order valence-corrected chi connectivity index (χ1v) is 5.67. The molecule has 0 amide bonds. The molecule has 1 heterocycles. The van der Waals surface area contributed by atoms with Crippen LogP contribution in [0.25, 0.3) is 0 Å². The van der Waals surface area contributed by atoms with Crippen LogP contribution >= 0.6 is 27.5 Å². The smallest absolute Gasteiger partial charge is 0.214 e. The number of nitrogens with zero attached hydrogens (tertiary/aromatic N) is 1. The van der Waals surface area contributed by atoms with Crippen molar-refractivity contribution in [1.82, 2.24) is 4.98 Å². The summed E-state index contributed by atoms with van der Waals surface area (Å²) in [5, 5.41) is 3.54. The Morgan fingerprint density at radius 2 is 2.06 bits per heavy atom. The van der Waals surface area contributed by atoms with E-state index in [9.17, 15) is 4.39 Å². The standard InChI is InChI=1S/C11H7BrClFN2/c12-8-5-4-7(6-9(8)13)15-11-3-1-2-10(14)16-11/h1-6H,(H,15,16). The van der Waals surface area contributed by atoms with Crippen LogP contribution in [0.3, 0.4) is 0 Å². The van der Waals surface area contributed by atoms with E-state index in [0.717, 1.165) is 10.2 Å². The Morgan fingerprint density at radius 3 is 2.75 bits per heavy atom. The summed E-state index contributed by atoms with van der Waals surface area (Å²) in [6, 6.07) is 9.93. The summed E-state index contributed by atoms with van der Waals surface area (Å²) in [6.07, 6.45) is 0. The lowest BCUT2D eigenvalue weighted by molar-refractivity contribution is 0.585. The minimum absolute atomic E-state index is 0.443. The second-order valence-electron chi connectivity index (χ2n) is 3.10. The molecule has 0 aliphatic carbocycles. The highest BCUT2D eigenvalue weighted by Gasteiger charge is 2.01. The second kappa shape index (κ2) is 4.80. The summed E-state index contributed by atoms with van der Waals surface area (Å²) in [4.78, 5) is 3.69. The third-order valence-corrected chi connectivity index (χ3v) is 3.14. The SMILES string of the molecule is Fc1cccc(Nc2ccc(Br)c(Cl)c2)n1. The molecule has 0 fully saturated rings. The number of halogens is 3. The first-order chi connectivity index (χ1) is 7.65. The van der Waals surface area contributed by atoms with Crippen LogP contribution in [0, 0.1) is 5.95 Å². The van der Waals surface area contributed by atoms with Gasteiger partial charge in [-0.05, 0) is 46.3 Å². The number of pyridine rings is 1. The number of rotatable bonds is 2. The molecule has 0 radical (unpaired) electrons. The van der Waals surface area contributed by atoms with Crippen LogP contribution in [0.1, 0.15) is 0 Å². The Balaban J connectivity index is 2.24. The van der Waals surface area contributed by atoms with Crippen LogP contribution < -0.4 is 5.32 Å². The number of nitrogens with one attached hydrogen (secondary N) is 1. The Morgan fingerprint density at radius 1 is 1.25 bits per heavy atom. The lowest BCUT2D eigenvalue weighted by atomic mass is 10.3. The van der Waals surface area contributed by atoms with E-state index in [-0.39, 0.29) is 0 Å². The quantitative estimate of drug-likeness (QED) is 0.833. The van der Waals surface area contributed by atoms with Crippen molar-refractivity contribution in [3.8, 4) is 0 Å². The van der Waals surface area contributed by atoms with Gasteiger partial charge in [0, 0.05) is 10.2 Å². The van der Waals surface area contributed by atoms with Crippen LogP contribution in [-0.2, 0) is 0 Å². The summed E-state index contributed by atoms with van der Waals surface area (Å²) in [5.74, 6) is -0.0772. The summed E-state index contributed by atoms with van der Waals surface area (Å²) >= 11 is 9.22. The molecule has 2 nitrogen and oxygen atoms in total. The Bertz CT molecular complexity index is 519. The summed E-state index contributed by atoms with van der Waals surface area (Å²) in [5.41, 5.74) is 0.756. The van der Waals surface area contributed by atoms with Crippen molar-refractivity contribution in [2.24, 2.45) is 0 Å². The minimum Gasteiger partial charge on any atom is -0.340 e. The van der Waals surface area contributed by atoms with Crippen LogP contribution in [0.4, 0.5) is 15.9 Å². The van der Waals surface area contributed by atoms with Gasteiger partial charge < -0.3 is 5.32 Å². The molecule has 82 valence electrons. The third-order valence-electron chi connectivity index (χ3n) is 1.91. The van der Waals surface area contributed by atoms with Gasteiger partial charge in [-0.25, -0.2) is 4.98 Å². The van der Waals surface area contributed by atoms with Gasteiger partial charge in [0.05, 0.1) is 5.02 Å². The molecular weight excluding hydrogens is 294 g/mol. The molecule has 1 N–H and O–H groups in total. The Labute approximate surface area is 106 Å². The molecule has 0 aliphatic rings. The zero-order valence-electron chi connectivity index (χ0n) is 8.05. The molecule has 1 aromatic heterocycles. The van der Waals surface area contributed by atoms with E-state index in [4.69, 9.17) is 11.6 Å². The van der Waals surface area contributed by atoms with Crippen molar-refractivity contribution in [2.45, 2.75) is 0 Å². The molecule has 0 bridgehead atoms. The van der Waals surface area contributed by atoms with Crippen molar-refractivity contribution in [1.29, 1.82) is 0 Å². The summed E-state index contributed by atoms with van der Waals surface area (Å²) < 4.78 is 13.6. The van der Waals surface area contributed by atoms with Crippen molar-refractivity contribution >= 4 is 39.0 Å². The van der Waals surface area contributed by atoms with Gasteiger partial charge in [-0.2, -0.15) is 4.39 Å². The van der Waals surface area contributed by atoms with Gasteiger partial charge in [-0.1, -0.05) is 17.7 Å². The van der Waals surface area contributed by atoms with Crippen molar-refractivity contribution in [2.75, 3.05) is 5.32 Å². The molecule has 5 heteroatoms. The van der Waals surface area contributed by atoms with Gasteiger partial charge >= 0.3 is 0 Å². The number of anilines is 2. The van der Waals surface area contributed by atoms with E-state index in [1.807, 2.05) is 12.1 Å². The number of benzene rings is 1. The van der Waals surface area contributed by atoms with Gasteiger partial charge in [0.25, 0.3) is 0 Å². The van der Waals surface area contributed by atoms with Crippen LogP contribution in [0.5, 0.6) is 0 Å². The Kier molecular flexibility index (Phi) is 3.41. The predicted molar refractivity (Wildman–Crippen MR) is 66.6 cm³/mol. The first kappa shape index (κ1) is 11.4. The monoisotopic (exact) mass is 300 g/mol. The maximum Gasteiger partial charge on any atom is 0.214 e. The highest BCUT2D eigenvalue weighted by Crippen LogP contribution is 2.26. The molecule has 0 saturated heterocycles. The highest BCUT2D eigenvalue weighted by atomic mass is 79.9. The average molecular weight is 302 g/mol. The molecule has 2 aromatic rings. The zero-order valence-corrected chi connectivity index (χ0v) is 10.4. The molecule has 16 heavy (non-hydrogen) atoms. The van der Waals surface area contributed by atoms with Gasteiger partial charge in [-0.15, -0.1) is 0 Å². The number of hydrogen-bond acceptors (Lipinski definition) is 2. The highest BCUT2D eigenvalue weighted by molar-refractivity contribution is 9.10. The molecule has 0 unspecified atom stereocenters. The maximum absolute atomic E-state index is 12.8. The molecular formula is C11H7BrClFN2. The lowest BCUT2D eigenvalue weighted by Gasteiger charge is -2.06. The Hall–Kier alpha value is -1.13. The summed E-state index contributed by atoms with van der Waals surface area (Å²) in [7, 11) is 0. The molecule has 1 aromatic carbocycles. The van der Waals surface area contributed by atoms with Crippen molar-refractivity contribution in [3.63, 3.8) is 0 Å². The molecule has 0 atom stereocenters. The topological polar surface area (TPSA) is 24.9 Å². The molecule has 0 saturated carbocycles. The van der Waals surface area contributed by atoms with E-state index >= 15 is 0 Å². The van der Waals surface area contributed by atoms with Crippen molar-refractivity contribution in [3.05, 3.63) is 51.8 Å². The van der Waals surface area contributed by atoms with E-state index in [1.54, 1.807) is 18.2 Å². The number of aromatic nitrogens is 1. The first-order valence-electron chi connectivity index (χ1n) is 4.50.